The molecule has 0 amide bonds. The third-order valence-corrected chi connectivity index (χ3v) is 4.99. The van der Waals surface area contributed by atoms with Crippen LogP contribution in [0, 0.1) is 0 Å². The van der Waals surface area contributed by atoms with E-state index in [0.717, 1.165) is 31.6 Å². The molecule has 5 heteroatoms. The Kier molecular flexibility index (Phi) is 3.76. The number of alkyl halides is 3. The molecule has 2 aromatic carbocycles. The summed E-state index contributed by atoms with van der Waals surface area (Å²) in [5.41, 5.74) is 3.11. The molecule has 2 aromatic rings. The second kappa shape index (κ2) is 5.81. The van der Waals surface area contributed by atoms with E-state index in [1.807, 2.05) is 0 Å². The first-order valence-electron chi connectivity index (χ1n) is 8.24. The van der Waals surface area contributed by atoms with Gasteiger partial charge in [0.2, 0.25) is 0 Å². The largest absolute Gasteiger partial charge is 0.416 e. The molecular weight excluding hydrogens is 313 g/mol. The topological polar surface area (TPSA) is 6.48 Å². The Labute approximate surface area is 139 Å². The van der Waals surface area contributed by atoms with E-state index >= 15 is 0 Å². The molecule has 126 valence electrons. The molecule has 0 aliphatic carbocycles. The summed E-state index contributed by atoms with van der Waals surface area (Å²) >= 11 is 0. The number of rotatable bonds is 3. The number of hydrogen-bond acceptors (Lipinski definition) is 2. The Morgan fingerprint density at radius 2 is 1.67 bits per heavy atom. The van der Waals surface area contributed by atoms with Crippen molar-refractivity contribution >= 4 is 5.69 Å². The van der Waals surface area contributed by atoms with Gasteiger partial charge in [-0.3, -0.25) is 4.90 Å². The first-order chi connectivity index (χ1) is 11.5. The fourth-order valence-corrected chi connectivity index (χ4v) is 3.67. The number of anilines is 1. The van der Waals surface area contributed by atoms with Crippen LogP contribution in [0.1, 0.15) is 16.7 Å². The van der Waals surface area contributed by atoms with Crippen LogP contribution in [0.15, 0.2) is 48.5 Å². The molecule has 0 unspecified atom stereocenters. The zero-order chi connectivity index (χ0) is 16.7. The molecule has 2 heterocycles. The summed E-state index contributed by atoms with van der Waals surface area (Å²) in [5.74, 6) is 0. The number of nitrogens with zero attached hydrogens (tertiary/aromatic N) is 2. The van der Waals surface area contributed by atoms with Gasteiger partial charge >= 0.3 is 6.18 Å². The molecule has 0 bridgehead atoms. The van der Waals surface area contributed by atoms with Crippen LogP contribution >= 0.6 is 0 Å². The summed E-state index contributed by atoms with van der Waals surface area (Å²) in [4.78, 5) is 4.76. The summed E-state index contributed by atoms with van der Waals surface area (Å²) in [6, 6.07) is 14.6. The Hall–Kier alpha value is -2.01. The van der Waals surface area contributed by atoms with Gasteiger partial charge in [0.25, 0.3) is 0 Å². The third kappa shape index (κ3) is 2.88. The van der Waals surface area contributed by atoms with Crippen molar-refractivity contribution in [1.82, 2.24) is 4.90 Å². The van der Waals surface area contributed by atoms with E-state index in [4.69, 9.17) is 0 Å². The van der Waals surface area contributed by atoms with Crippen molar-refractivity contribution in [3.63, 3.8) is 0 Å². The highest BCUT2D eigenvalue weighted by atomic mass is 19.4. The first-order valence-corrected chi connectivity index (χ1v) is 8.24. The van der Waals surface area contributed by atoms with E-state index in [9.17, 15) is 13.2 Å². The van der Waals surface area contributed by atoms with Crippen molar-refractivity contribution in [3.05, 3.63) is 65.2 Å². The second-order valence-electron chi connectivity index (χ2n) is 6.61. The number of fused-ring (bicyclic) bond motifs is 1. The molecule has 0 aromatic heterocycles. The number of halogens is 3. The van der Waals surface area contributed by atoms with Gasteiger partial charge in [-0.25, -0.2) is 0 Å². The molecule has 0 spiro atoms. The minimum Gasteiger partial charge on any atom is -0.365 e. The molecule has 0 atom stereocenters. The smallest absolute Gasteiger partial charge is 0.365 e. The van der Waals surface area contributed by atoms with Gasteiger partial charge in [-0.15, -0.1) is 0 Å². The standard InChI is InChI=1S/C19H19F3N2/c20-19(21,22)16-7-5-14(6-8-16)11-23-12-17(13-23)24-10-9-15-3-1-2-4-18(15)24/h1-8,17H,9-13H2. The monoisotopic (exact) mass is 332 g/mol. The molecule has 1 saturated heterocycles. The van der Waals surface area contributed by atoms with Crippen LogP contribution in [0.25, 0.3) is 0 Å². The second-order valence-corrected chi connectivity index (χ2v) is 6.61. The molecule has 0 N–H and O–H groups in total. The maximum Gasteiger partial charge on any atom is 0.416 e. The fraction of sp³-hybridized carbons (Fsp3) is 0.368. The van der Waals surface area contributed by atoms with Gasteiger partial charge < -0.3 is 4.90 Å². The average Bonchev–Trinajstić information content (AvgIpc) is 2.94. The zero-order valence-corrected chi connectivity index (χ0v) is 13.3. The summed E-state index contributed by atoms with van der Waals surface area (Å²) in [6.07, 6.45) is -3.16. The molecule has 1 fully saturated rings. The van der Waals surface area contributed by atoms with E-state index < -0.39 is 11.7 Å². The Morgan fingerprint density at radius 1 is 0.958 bits per heavy atom. The summed E-state index contributed by atoms with van der Waals surface area (Å²) in [7, 11) is 0. The van der Waals surface area contributed by atoms with Gasteiger partial charge in [0, 0.05) is 31.9 Å². The summed E-state index contributed by atoms with van der Waals surface area (Å²) < 4.78 is 37.8. The van der Waals surface area contributed by atoms with Crippen molar-refractivity contribution in [3.8, 4) is 0 Å². The van der Waals surface area contributed by atoms with E-state index in [-0.39, 0.29) is 0 Å². The van der Waals surface area contributed by atoms with E-state index in [1.54, 1.807) is 12.1 Å². The number of likely N-dealkylation sites (tertiary alicyclic amines) is 1. The SMILES string of the molecule is FC(F)(F)c1ccc(CN2CC(N3CCc4ccccc43)C2)cc1. The summed E-state index contributed by atoms with van der Waals surface area (Å²) in [5, 5.41) is 0. The Morgan fingerprint density at radius 3 is 2.38 bits per heavy atom. The fourth-order valence-electron chi connectivity index (χ4n) is 3.67. The van der Waals surface area contributed by atoms with Crippen LogP contribution < -0.4 is 4.90 Å². The zero-order valence-electron chi connectivity index (χ0n) is 13.3. The van der Waals surface area contributed by atoms with Gasteiger partial charge in [-0.1, -0.05) is 30.3 Å². The highest BCUT2D eigenvalue weighted by molar-refractivity contribution is 5.59. The highest BCUT2D eigenvalue weighted by Gasteiger charge is 2.35. The molecule has 0 saturated carbocycles. The number of benzene rings is 2. The normalized spacial score (nSPS) is 18.5. The molecule has 0 radical (unpaired) electrons. The van der Waals surface area contributed by atoms with E-state index in [2.05, 4.69) is 34.1 Å². The van der Waals surface area contributed by atoms with Crippen molar-refractivity contribution in [2.75, 3.05) is 24.5 Å². The lowest BCUT2D eigenvalue weighted by Gasteiger charge is -2.45. The molecule has 24 heavy (non-hydrogen) atoms. The highest BCUT2D eigenvalue weighted by Crippen LogP contribution is 2.33. The molecule has 4 rings (SSSR count). The lowest BCUT2D eigenvalue weighted by Crippen LogP contribution is -2.58. The van der Waals surface area contributed by atoms with Gasteiger partial charge in [-0.2, -0.15) is 13.2 Å². The van der Waals surface area contributed by atoms with Crippen LogP contribution in [0.2, 0.25) is 0 Å². The molecular formula is C19H19F3N2. The van der Waals surface area contributed by atoms with E-state index in [1.165, 1.54) is 23.4 Å². The lowest BCUT2D eigenvalue weighted by atomic mass is 10.0. The minimum absolute atomic E-state index is 0.517. The van der Waals surface area contributed by atoms with Crippen molar-refractivity contribution < 1.29 is 13.2 Å². The molecule has 2 aliphatic heterocycles. The predicted molar refractivity (Wildman–Crippen MR) is 88.0 cm³/mol. The number of para-hydroxylation sites is 1. The quantitative estimate of drug-likeness (QED) is 0.840. The van der Waals surface area contributed by atoms with Gasteiger partial charge in [0.15, 0.2) is 0 Å². The number of hydrogen-bond donors (Lipinski definition) is 0. The Balaban J connectivity index is 1.34. The maximum atomic E-state index is 12.6. The van der Waals surface area contributed by atoms with Gasteiger partial charge in [-0.05, 0) is 35.7 Å². The van der Waals surface area contributed by atoms with E-state index in [0.29, 0.717) is 12.6 Å². The van der Waals surface area contributed by atoms with Crippen molar-refractivity contribution in [2.24, 2.45) is 0 Å². The molecule has 2 aliphatic rings. The van der Waals surface area contributed by atoms with Gasteiger partial charge in [0.05, 0.1) is 11.6 Å². The van der Waals surface area contributed by atoms with Crippen LogP contribution in [-0.2, 0) is 19.1 Å². The average molecular weight is 332 g/mol. The lowest BCUT2D eigenvalue weighted by molar-refractivity contribution is -0.137. The minimum atomic E-state index is -4.26. The predicted octanol–water partition coefficient (Wildman–Crippen LogP) is 3.95. The van der Waals surface area contributed by atoms with Crippen LogP contribution in [-0.4, -0.2) is 30.6 Å². The summed E-state index contributed by atoms with van der Waals surface area (Å²) in [6.45, 7) is 3.72. The van der Waals surface area contributed by atoms with Crippen molar-refractivity contribution in [1.29, 1.82) is 0 Å². The Bertz CT molecular complexity index is 718. The maximum absolute atomic E-state index is 12.6. The van der Waals surface area contributed by atoms with Crippen LogP contribution in [0.5, 0.6) is 0 Å². The first kappa shape index (κ1) is 15.5. The van der Waals surface area contributed by atoms with Crippen LogP contribution in [0.4, 0.5) is 18.9 Å². The van der Waals surface area contributed by atoms with Crippen molar-refractivity contribution in [2.45, 2.75) is 25.2 Å². The molecule has 2 nitrogen and oxygen atoms in total. The van der Waals surface area contributed by atoms with Gasteiger partial charge in [0.1, 0.15) is 0 Å². The van der Waals surface area contributed by atoms with Crippen LogP contribution in [0.3, 0.4) is 0 Å². The third-order valence-electron chi connectivity index (χ3n) is 4.99.